The molecule has 0 unspecified atom stereocenters. The third kappa shape index (κ3) is 5.60. The highest BCUT2D eigenvalue weighted by molar-refractivity contribution is 6.29. The Hall–Kier alpha value is -1.23. The van der Waals surface area contributed by atoms with Gasteiger partial charge in [-0.2, -0.15) is 0 Å². The van der Waals surface area contributed by atoms with Gasteiger partial charge in [-0.3, -0.25) is 0 Å². The molecule has 0 radical (unpaired) electrons. The Kier molecular flexibility index (Phi) is 5.30. The molecule has 0 bridgehead atoms. The number of carboxylic acids is 1. The zero-order chi connectivity index (χ0) is 12.9. The highest BCUT2D eigenvalue weighted by Gasteiger charge is 2.32. The summed E-state index contributed by atoms with van der Waals surface area (Å²) in [5.74, 6) is -1.08. The Morgan fingerprint density at radius 3 is 2.25 bits per heavy atom. The van der Waals surface area contributed by atoms with Crippen LogP contribution in [0.15, 0.2) is 11.6 Å². The lowest BCUT2D eigenvalue weighted by Crippen LogP contribution is -2.52. The second kappa shape index (κ2) is 5.75. The molecule has 16 heavy (non-hydrogen) atoms. The highest BCUT2D eigenvalue weighted by atomic mass is 35.5. The maximum Gasteiger partial charge on any atom is 0.326 e. The quantitative estimate of drug-likeness (QED) is 0.706. The average Bonchev–Trinajstić information content (AvgIpc) is 2.08. The summed E-state index contributed by atoms with van der Waals surface area (Å²) in [6, 6.07) is -1.54. The van der Waals surface area contributed by atoms with Crippen LogP contribution < -0.4 is 10.6 Å². The van der Waals surface area contributed by atoms with E-state index in [-0.39, 0.29) is 11.6 Å². The predicted octanol–water partition coefficient (Wildman–Crippen LogP) is 1.54. The van der Waals surface area contributed by atoms with Gasteiger partial charge >= 0.3 is 12.0 Å². The van der Waals surface area contributed by atoms with Gasteiger partial charge in [0.25, 0.3) is 0 Å². The van der Waals surface area contributed by atoms with Gasteiger partial charge in [0.1, 0.15) is 6.04 Å². The van der Waals surface area contributed by atoms with E-state index in [0.717, 1.165) is 0 Å². The van der Waals surface area contributed by atoms with Gasteiger partial charge in [0.05, 0.1) is 6.54 Å². The summed E-state index contributed by atoms with van der Waals surface area (Å²) in [4.78, 5) is 22.3. The number of aliphatic carboxylic acids is 1. The second-order valence-corrected chi connectivity index (χ2v) is 5.02. The predicted molar refractivity (Wildman–Crippen MR) is 62.4 cm³/mol. The van der Waals surface area contributed by atoms with E-state index in [9.17, 15) is 9.59 Å². The average molecular weight is 249 g/mol. The van der Waals surface area contributed by atoms with Crippen LogP contribution in [-0.2, 0) is 4.79 Å². The zero-order valence-corrected chi connectivity index (χ0v) is 10.4. The summed E-state index contributed by atoms with van der Waals surface area (Å²) in [5, 5.41) is 14.0. The summed E-state index contributed by atoms with van der Waals surface area (Å²) in [7, 11) is 0. The monoisotopic (exact) mass is 248 g/mol. The van der Waals surface area contributed by atoms with Crippen molar-refractivity contribution in [3.63, 3.8) is 0 Å². The molecular weight excluding hydrogens is 232 g/mol. The Labute approximate surface area is 99.9 Å². The lowest BCUT2D eigenvalue weighted by atomic mass is 9.87. The van der Waals surface area contributed by atoms with Crippen LogP contribution in [0, 0.1) is 5.41 Å². The number of carbonyl (C=O) groups excluding carboxylic acids is 1. The van der Waals surface area contributed by atoms with Crippen molar-refractivity contribution in [3.8, 4) is 0 Å². The molecule has 0 aromatic heterocycles. The van der Waals surface area contributed by atoms with E-state index < -0.39 is 23.5 Å². The molecule has 92 valence electrons. The normalized spacial score (nSPS) is 12.8. The minimum Gasteiger partial charge on any atom is -0.480 e. The molecule has 5 nitrogen and oxygen atoms in total. The summed E-state index contributed by atoms with van der Waals surface area (Å²) in [6.07, 6.45) is 0. The number of nitrogens with one attached hydrogen (secondary N) is 2. The van der Waals surface area contributed by atoms with E-state index in [2.05, 4.69) is 17.2 Å². The second-order valence-electron chi connectivity index (χ2n) is 4.48. The van der Waals surface area contributed by atoms with Crippen LogP contribution in [0.4, 0.5) is 4.79 Å². The minimum absolute atomic E-state index is 0.101. The molecule has 6 heteroatoms. The van der Waals surface area contributed by atoms with E-state index in [1.165, 1.54) is 0 Å². The number of carbonyl (C=O) groups is 2. The van der Waals surface area contributed by atoms with Gasteiger partial charge in [-0.05, 0) is 5.41 Å². The molecule has 0 aromatic carbocycles. The molecule has 0 spiro atoms. The highest BCUT2D eigenvalue weighted by Crippen LogP contribution is 2.19. The van der Waals surface area contributed by atoms with Crippen LogP contribution in [-0.4, -0.2) is 29.7 Å². The Morgan fingerprint density at radius 1 is 1.44 bits per heavy atom. The molecule has 0 fully saturated rings. The molecule has 0 aliphatic heterocycles. The third-order valence-corrected chi connectivity index (χ3v) is 1.96. The lowest BCUT2D eigenvalue weighted by molar-refractivity contribution is -0.141. The SMILES string of the molecule is C=C(Cl)CNC(=O)N[C@H](C(=O)O)C(C)(C)C. The Bertz CT molecular complexity index is 297. The Morgan fingerprint density at radius 2 is 1.94 bits per heavy atom. The molecule has 0 saturated carbocycles. The molecule has 2 amide bonds. The first-order chi connectivity index (χ1) is 7.14. The first-order valence-electron chi connectivity index (χ1n) is 4.75. The van der Waals surface area contributed by atoms with Gasteiger partial charge in [0.15, 0.2) is 0 Å². The zero-order valence-electron chi connectivity index (χ0n) is 9.63. The van der Waals surface area contributed by atoms with Gasteiger partial charge in [-0.1, -0.05) is 39.0 Å². The van der Waals surface area contributed by atoms with Crippen molar-refractivity contribution in [1.82, 2.24) is 10.6 Å². The number of hydrogen-bond acceptors (Lipinski definition) is 2. The number of hydrogen-bond donors (Lipinski definition) is 3. The van der Waals surface area contributed by atoms with Crippen LogP contribution >= 0.6 is 11.6 Å². The molecule has 0 heterocycles. The number of rotatable bonds is 4. The summed E-state index contributed by atoms with van der Waals surface area (Å²) >= 11 is 5.46. The van der Waals surface area contributed by atoms with Crippen molar-refractivity contribution in [2.75, 3.05) is 6.54 Å². The Balaban J connectivity index is 4.37. The van der Waals surface area contributed by atoms with Crippen LogP contribution in [0.2, 0.25) is 0 Å². The van der Waals surface area contributed by atoms with Crippen molar-refractivity contribution in [2.45, 2.75) is 26.8 Å². The van der Waals surface area contributed by atoms with E-state index in [4.69, 9.17) is 16.7 Å². The van der Waals surface area contributed by atoms with Gasteiger partial charge in [0.2, 0.25) is 0 Å². The fourth-order valence-electron chi connectivity index (χ4n) is 1.01. The molecule has 0 aliphatic carbocycles. The summed E-state index contributed by atoms with van der Waals surface area (Å²) < 4.78 is 0. The number of carboxylic acid groups (broad SMARTS) is 1. The van der Waals surface area contributed by atoms with E-state index in [1.54, 1.807) is 20.8 Å². The smallest absolute Gasteiger partial charge is 0.326 e. The summed E-state index contributed by atoms with van der Waals surface area (Å²) in [6.45, 7) is 8.68. The van der Waals surface area contributed by atoms with Crippen molar-refractivity contribution in [2.24, 2.45) is 5.41 Å². The van der Waals surface area contributed by atoms with Crippen LogP contribution in [0.1, 0.15) is 20.8 Å². The lowest BCUT2D eigenvalue weighted by Gasteiger charge is -2.27. The maximum atomic E-state index is 11.3. The van der Waals surface area contributed by atoms with Gasteiger partial charge in [0, 0.05) is 5.03 Å². The molecule has 1 atom stereocenters. The van der Waals surface area contributed by atoms with Crippen LogP contribution in [0.5, 0.6) is 0 Å². The molecule has 0 aromatic rings. The fraction of sp³-hybridized carbons (Fsp3) is 0.600. The largest absolute Gasteiger partial charge is 0.480 e. The van der Waals surface area contributed by atoms with Crippen LogP contribution in [0.3, 0.4) is 0 Å². The number of halogens is 1. The summed E-state index contributed by atoms with van der Waals surface area (Å²) in [5.41, 5.74) is -0.568. The van der Waals surface area contributed by atoms with E-state index >= 15 is 0 Å². The number of urea groups is 1. The molecular formula is C10H17ClN2O3. The first kappa shape index (κ1) is 14.8. The molecule has 0 saturated heterocycles. The fourth-order valence-corrected chi connectivity index (χ4v) is 1.07. The minimum atomic E-state index is -1.08. The standard InChI is InChI=1S/C10H17ClN2O3/c1-6(11)5-12-9(16)13-7(8(14)15)10(2,3)4/h7H,1,5H2,2-4H3,(H,14,15)(H2,12,13,16)/t7-/m1/s1. The van der Waals surface area contributed by atoms with Gasteiger partial charge in [-0.25, -0.2) is 9.59 Å². The van der Waals surface area contributed by atoms with Gasteiger partial charge < -0.3 is 15.7 Å². The topological polar surface area (TPSA) is 78.4 Å². The van der Waals surface area contributed by atoms with E-state index in [0.29, 0.717) is 0 Å². The van der Waals surface area contributed by atoms with Gasteiger partial charge in [-0.15, -0.1) is 0 Å². The molecule has 0 rings (SSSR count). The maximum absolute atomic E-state index is 11.3. The van der Waals surface area contributed by atoms with Crippen molar-refractivity contribution in [3.05, 3.63) is 11.6 Å². The van der Waals surface area contributed by atoms with Crippen molar-refractivity contribution in [1.29, 1.82) is 0 Å². The van der Waals surface area contributed by atoms with Crippen molar-refractivity contribution < 1.29 is 14.7 Å². The third-order valence-electron chi connectivity index (χ3n) is 1.83. The first-order valence-corrected chi connectivity index (χ1v) is 5.13. The molecule has 3 N–H and O–H groups in total. The van der Waals surface area contributed by atoms with Crippen molar-refractivity contribution >= 4 is 23.6 Å². The van der Waals surface area contributed by atoms with E-state index in [1.807, 2.05) is 0 Å². The van der Waals surface area contributed by atoms with Crippen LogP contribution in [0.25, 0.3) is 0 Å². The number of amides is 2. The molecule has 0 aliphatic rings.